The zero-order valence-corrected chi connectivity index (χ0v) is 11.1. The number of aromatic amines is 1. The van der Waals surface area contributed by atoms with E-state index in [1.54, 1.807) is 18.2 Å². The maximum Gasteiger partial charge on any atom is 0.432 e. The predicted molar refractivity (Wildman–Crippen MR) is 73.3 cm³/mol. The first-order valence-electron chi connectivity index (χ1n) is 6.34. The molecule has 22 heavy (non-hydrogen) atoms. The molecule has 0 bridgehead atoms. The third-order valence-corrected chi connectivity index (χ3v) is 2.83. The van der Waals surface area contributed by atoms with Gasteiger partial charge in [0, 0.05) is 12.3 Å². The number of hydrogen-bond donors (Lipinski definition) is 1. The Labute approximate surface area is 123 Å². The molecule has 112 valence electrons. The Bertz CT molecular complexity index is 769. The summed E-state index contributed by atoms with van der Waals surface area (Å²) < 4.78 is 43.3. The predicted octanol–water partition coefficient (Wildman–Crippen LogP) is 4.28. The highest BCUT2D eigenvalue weighted by atomic mass is 19.4. The van der Waals surface area contributed by atoms with Crippen LogP contribution in [0.3, 0.4) is 0 Å². The number of H-pyrrole nitrogens is 1. The highest BCUT2D eigenvalue weighted by molar-refractivity contribution is 5.52. The molecular weight excluding hydrogens is 295 g/mol. The first-order chi connectivity index (χ1) is 10.5. The third kappa shape index (κ3) is 3.08. The number of benzene rings is 1. The number of nitrogens with zero attached hydrogens (tertiary/aromatic N) is 2. The molecule has 0 atom stereocenters. The summed E-state index contributed by atoms with van der Waals surface area (Å²) in [6, 6.07) is 12.2. The van der Waals surface area contributed by atoms with E-state index in [-0.39, 0.29) is 11.5 Å². The van der Waals surface area contributed by atoms with Gasteiger partial charge in [-0.25, -0.2) is 4.98 Å². The minimum Gasteiger partial charge on any atom is -0.457 e. The summed E-state index contributed by atoms with van der Waals surface area (Å²) in [5.41, 5.74) is -0.650. The molecular formula is C15H10F3N3O. The fraction of sp³-hybridized carbons (Fsp3) is 0.0667. The van der Waals surface area contributed by atoms with Crippen LogP contribution in [-0.4, -0.2) is 15.0 Å². The molecule has 0 spiro atoms. The van der Waals surface area contributed by atoms with Crippen LogP contribution in [0.25, 0.3) is 11.5 Å². The minimum atomic E-state index is -4.47. The van der Waals surface area contributed by atoms with Crippen molar-refractivity contribution >= 4 is 0 Å². The van der Waals surface area contributed by atoms with Gasteiger partial charge < -0.3 is 9.72 Å². The molecule has 0 aliphatic heterocycles. The highest BCUT2D eigenvalue weighted by Gasteiger charge is 2.33. The lowest BCUT2D eigenvalue weighted by atomic mass is 10.3. The van der Waals surface area contributed by atoms with Gasteiger partial charge in [-0.3, -0.25) is 4.98 Å². The summed E-state index contributed by atoms with van der Waals surface area (Å²) in [5.74, 6) is 1.11. The maximum atomic E-state index is 12.6. The molecule has 0 aliphatic carbocycles. The molecule has 0 saturated carbocycles. The van der Waals surface area contributed by atoms with Gasteiger partial charge in [-0.05, 0) is 18.2 Å². The molecule has 1 aromatic carbocycles. The summed E-state index contributed by atoms with van der Waals surface area (Å²) in [7, 11) is 0. The summed E-state index contributed by atoms with van der Waals surface area (Å²) in [6.07, 6.45) is -2.28. The second-order valence-electron chi connectivity index (χ2n) is 4.44. The van der Waals surface area contributed by atoms with Crippen molar-refractivity contribution in [1.82, 2.24) is 15.0 Å². The number of ether oxygens (including phenoxy) is 1. The topological polar surface area (TPSA) is 50.8 Å². The van der Waals surface area contributed by atoms with Crippen molar-refractivity contribution in [3.63, 3.8) is 0 Å². The Kier molecular flexibility index (Phi) is 3.54. The number of halogens is 3. The Balaban J connectivity index is 1.86. The Morgan fingerprint density at radius 1 is 0.955 bits per heavy atom. The smallest absolute Gasteiger partial charge is 0.432 e. The fourth-order valence-corrected chi connectivity index (χ4v) is 1.82. The van der Waals surface area contributed by atoms with Gasteiger partial charge in [0.1, 0.15) is 22.9 Å². The summed E-state index contributed by atoms with van der Waals surface area (Å²) in [4.78, 5) is 9.92. The molecule has 0 aliphatic rings. The number of para-hydroxylation sites is 1. The molecule has 0 radical (unpaired) electrons. The molecule has 1 N–H and O–H groups in total. The number of imidazole rings is 1. The molecule has 2 heterocycles. The van der Waals surface area contributed by atoms with Crippen LogP contribution in [-0.2, 0) is 6.18 Å². The van der Waals surface area contributed by atoms with E-state index in [0.717, 1.165) is 6.20 Å². The summed E-state index contributed by atoms with van der Waals surface area (Å²) in [5, 5.41) is 0. The summed E-state index contributed by atoms with van der Waals surface area (Å²) in [6.45, 7) is 0. The van der Waals surface area contributed by atoms with E-state index in [9.17, 15) is 13.2 Å². The van der Waals surface area contributed by atoms with Crippen LogP contribution < -0.4 is 4.74 Å². The normalized spacial score (nSPS) is 11.4. The molecule has 3 aromatic rings. The van der Waals surface area contributed by atoms with Crippen LogP contribution in [0.15, 0.2) is 54.9 Å². The average molecular weight is 305 g/mol. The second kappa shape index (κ2) is 5.51. The first kappa shape index (κ1) is 14.1. The monoisotopic (exact) mass is 305 g/mol. The number of pyridine rings is 1. The lowest BCUT2D eigenvalue weighted by molar-refractivity contribution is -0.140. The van der Waals surface area contributed by atoms with E-state index in [1.807, 2.05) is 18.2 Å². The average Bonchev–Trinajstić information content (AvgIpc) is 2.99. The van der Waals surface area contributed by atoms with Crippen molar-refractivity contribution in [3.8, 4) is 23.0 Å². The maximum absolute atomic E-state index is 12.6. The van der Waals surface area contributed by atoms with Crippen LogP contribution in [0.2, 0.25) is 0 Å². The van der Waals surface area contributed by atoms with Crippen LogP contribution in [0.5, 0.6) is 11.5 Å². The SMILES string of the molecule is FC(F)(F)c1cnc(-c2cc(Oc3ccccc3)ccn2)[nH]1. The number of nitrogens with one attached hydrogen (secondary N) is 1. The van der Waals surface area contributed by atoms with E-state index in [1.165, 1.54) is 12.3 Å². The van der Waals surface area contributed by atoms with Gasteiger partial charge in [0.25, 0.3) is 0 Å². The van der Waals surface area contributed by atoms with Crippen molar-refractivity contribution in [2.75, 3.05) is 0 Å². The molecule has 0 unspecified atom stereocenters. The number of hydrogen-bond acceptors (Lipinski definition) is 3. The van der Waals surface area contributed by atoms with Gasteiger partial charge in [0.15, 0.2) is 5.82 Å². The van der Waals surface area contributed by atoms with Gasteiger partial charge >= 0.3 is 6.18 Å². The zero-order valence-electron chi connectivity index (χ0n) is 11.1. The highest BCUT2D eigenvalue weighted by Crippen LogP contribution is 2.30. The van der Waals surface area contributed by atoms with E-state index >= 15 is 0 Å². The molecule has 0 amide bonds. The van der Waals surface area contributed by atoms with Crippen LogP contribution in [0, 0.1) is 0 Å². The van der Waals surface area contributed by atoms with Crippen molar-refractivity contribution in [3.05, 3.63) is 60.6 Å². The number of rotatable bonds is 3. The first-order valence-corrected chi connectivity index (χ1v) is 6.34. The van der Waals surface area contributed by atoms with Crippen molar-refractivity contribution in [2.24, 2.45) is 0 Å². The largest absolute Gasteiger partial charge is 0.457 e. The van der Waals surface area contributed by atoms with E-state index in [4.69, 9.17) is 4.74 Å². The number of alkyl halides is 3. The molecule has 7 heteroatoms. The van der Waals surface area contributed by atoms with Gasteiger partial charge in [-0.2, -0.15) is 13.2 Å². The van der Waals surface area contributed by atoms with Gasteiger partial charge in [-0.1, -0.05) is 18.2 Å². The van der Waals surface area contributed by atoms with Crippen LogP contribution in [0.4, 0.5) is 13.2 Å². The molecule has 4 nitrogen and oxygen atoms in total. The Morgan fingerprint density at radius 3 is 2.41 bits per heavy atom. The molecule has 0 saturated heterocycles. The van der Waals surface area contributed by atoms with E-state index < -0.39 is 11.9 Å². The Morgan fingerprint density at radius 2 is 1.73 bits per heavy atom. The van der Waals surface area contributed by atoms with Gasteiger partial charge in [0.2, 0.25) is 0 Å². The number of aromatic nitrogens is 3. The van der Waals surface area contributed by atoms with Crippen molar-refractivity contribution in [2.45, 2.75) is 6.18 Å². The Hall–Kier alpha value is -2.83. The van der Waals surface area contributed by atoms with Gasteiger partial charge in [0.05, 0.1) is 6.20 Å². The van der Waals surface area contributed by atoms with E-state index in [0.29, 0.717) is 11.5 Å². The lowest BCUT2D eigenvalue weighted by Crippen LogP contribution is -2.04. The third-order valence-electron chi connectivity index (χ3n) is 2.83. The molecule has 0 fully saturated rings. The van der Waals surface area contributed by atoms with E-state index in [2.05, 4.69) is 15.0 Å². The van der Waals surface area contributed by atoms with Crippen molar-refractivity contribution in [1.29, 1.82) is 0 Å². The molecule has 3 rings (SSSR count). The van der Waals surface area contributed by atoms with Crippen LogP contribution >= 0.6 is 0 Å². The minimum absolute atomic E-state index is 0.0332. The zero-order chi connectivity index (χ0) is 15.6. The summed E-state index contributed by atoms with van der Waals surface area (Å²) >= 11 is 0. The lowest BCUT2D eigenvalue weighted by Gasteiger charge is -2.06. The quantitative estimate of drug-likeness (QED) is 0.785. The standard InChI is InChI=1S/C15H10F3N3O/c16-15(17,18)13-9-20-14(21-13)12-8-11(6-7-19-12)22-10-4-2-1-3-5-10/h1-9H,(H,20,21). The van der Waals surface area contributed by atoms with Crippen LogP contribution in [0.1, 0.15) is 5.69 Å². The fourth-order valence-electron chi connectivity index (χ4n) is 1.82. The van der Waals surface area contributed by atoms with Crippen molar-refractivity contribution < 1.29 is 17.9 Å². The second-order valence-corrected chi connectivity index (χ2v) is 4.44. The molecule has 2 aromatic heterocycles. The van der Waals surface area contributed by atoms with Gasteiger partial charge in [-0.15, -0.1) is 0 Å².